The van der Waals surface area contributed by atoms with Gasteiger partial charge in [-0.25, -0.2) is 0 Å². The standard InChI is InChI=1S/C16H23N3.C14H21N.C14H23N.2C13H21N.2C11H17N.C9H20N2.C8H18N2.2C2H6/c1-12(18-16(2,3)4)13-6-8-14(9-7-13)15-10-17-19(5)11-15;1-11-5-7-12(8-6-11)14(9-10-14)15-13(2,3)4;1-11-7-9-12(10-8-11)14(5,6)15-13(2,3)4;2*1-10-6-8-12(9-7-10)11(2)14-13(3,4)5;1-9-5-7-10(8-6-9)12-11(2,3)4;1-9-6-5-7-10(8-9)12-11(2,3)4;1-4-10-5-7-11(8-6-10)9(2)3;1-3-9-5-7-10(4-2)8-6-9;2*1-2/h6-12,18H,1-5H3;5-8,15H,9-10H2,1-4H3;7-10,15H,1-6H3;2*6-9,11,14H,1-5H3;2*5-8,12H,1-4H3;9H,4-8H2,1-3H3;3-8H2,1-2H3;2*1-2H3/t;;;2*11-;;;;;;/m...10....../s1. The normalized spacial score (nSPS) is 15.1. The fourth-order valence-electron chi connectivity index (χ4n) is 14.9. The third-order valence-electron chi connectivity index (χ3n) is 21.0. The Kier molecular flexibility index (Phi) is 51.9. The number of anilines is 2. The summed E-state index contributed by atoms with van der Waals surface area (Å²) in [5, 5.41) is 29.1. The molecule has 13 nitrogen and oxygen atoms in total. The summed E-state index contributed by atoms with van der Waals surface area (Å²) in [5.41, 5.74) is 20.8. The van der Waals surface area contributed by atoms with Crippen molar-refractivity contribution in [1.29, 1.82) is 0 Å². The van der Waals surface area contributed by atoms with E-state index in [-0.39, 0.29) is 49.9 Å². The highest BCUT2D eigenvalue weighted by Crippen LogP contribution is 2.47. The van der Waals surface area contributed by atoms with Crippen LogP contribution in [0.5, 0.6) is 0 Å². The van der Waals surface area contributed by atoms with Crippen LogP contribution in [0, 0.1) is 41.5 Å². The minimum atomic E-state index is 0.0198. The zero-order valence-corrected chi connectivity index (χ0v) is 89.0. The summed E-state index contributed by atoms with van der Waals surface area (Å²) in [6, 6.07) is 62.6. The van der Waals surface area contributed by atoms with E-state index in [1.54, 1.807) is 0 Å². The van der Waals surface area contributed by atoms with Crippen LogP contribution in [-0.4, -0.2) is 146 Å². The van der Waals surface area contributed by atoms with Gasteiger partial charge in [-0.3, -0.25) is 9.58 Å². The van der Waals surface area contributed by atoms with Gasteiger partial charge in [0.25, 0.3) is 0 Å². The molecule has 710 valence electrons. The molecule has 1 unspecified atom stereocenters. The Morgan fingerprint density at radius 3 is 0.968 bits per heavy atom. The number of nitrogens with one attached hydrogen (secondary N) is 7. The molecule has 3 heterocycles. The van der Waals surface area contributed by atoms with Crippen LogP contribution in [-0.2, 0) is 18.1 Å². The monoisotopic (exact) mass is 1730 g/mol. The molecule has 13 heteroatoms. The van der Waals surface area contributed by atoms with E-state index >= 15 is 0 Å². The lowest BCUT2D eigenvalue weighted by Gasteiger charge is -2.36. The van der Waals surface area contributed by atoms with Crippen LogP contribution >= 0.6 is 0 Å². The Balaban J connectivity index is 0.000000709. The first-order valence-corrected chi connectivity index (χ1v) is 48.2. The van der Waals surface area contributed by atoms with Gasteiger partial charge in [0.2, 0.25) is 0 Å². The van der Waals surface area contributed by atoms with E-state index in [1.165, 1.54) is 163 Å². The van der Waals surface area contributed by atoms with Crippen molar-refractivity contribution in [3.63, 3.8) is 0 Å². The summed E-state index contributed by atoms with van der Waals surface area (Å²) in [6.45, 7) is 103. The van der Waals surface area contributed by atoms with E-state index in [0.29, 0.717) is 18.1 Å². The van der Waals surface area contributed by atoms with Gasteiger partial charge < -0.3 is 51.9 Å². The fraction of sp³-hybridized carbons (Fsp3) is 0.602. The van der Waals surface area contributed by atoms with Crippen molar-refractivity contribution >= 4 is 11.4 Å². The van der Waals surface area contributed by atoms with Gasteiger partial charge >= 0.3 is 0 Å². The van der Waals surface area contributed by atoms with E-state index in [2.05, 4.69) is 488 Å². The second kappa shape index (κ2) is 55.9. The lowest BCUT2D eigenvalue weighted by molar-refractivity contribution is 0.112. The first-order valence-electron chi connectivity index (χ1n) is 48.2. The molecular formula is C113H193N13. The molecule has 8 aromatic rings. The predicted octanol–water partition coefficient (Wildman–Crippen LogP) is 27.6. The maximum Gasteiger partial charge on any atom is 0.0568 e. The molecule has 2 aliphatic heterocycles. The molecule has 1 aromatic heterocycles. The van der Waals surface area contributed by atoms with Crippen LogP contribution in [0.4, 0.5) is 11.4 Å². The van der Waals surface area contributed by atoms with Gasteiger partial charge in [-0.05, 0) is 331 Å². The minimum Gasteiger partial charge on any atom is -0.380 e. The average molecular weight is 1730 g/mol. The lowest BCUT2D eigenvalue weighted by Crippen LogP contribution is -2.48. The van der Waals surface area contributed by atoms with Crippen LogP contribution in [0.1, 0.15) is 334 Å². The van der Waals surface area contributed by atoms with Crippen LogP contribution < -0.4 is 37.2 Å². The van der Waals surface area contributed by atoms with Crippen molar-refractivity contribution in [2.45, 2.75) is 371 Å². The summed E-state index contributed by atoms with van der Waals surface area (Å²) in [7, 11) is 1.94. The van der Waals surface area contributed by atoms with Crippen LogP contribution in [0.3, 0.4) is 0 Å². The first-order chi connectivity index (χ1) is 58.3. The third kappa shape index (κ3) is 53.2. The summed E-state index contributed by atoms with van der Waals surface area (Å²) < 4.78 is 1.83. The molecular weight excluding hydrogens is 1540 g/mol. The molecule has 1 saturated carbocycles. The number of hydrogen-bond acceptors (Lipinski definition) is 12. The van der Waals surface area contributed by atoms with Gasteiger partial charge in [0.15, 0.2) is 0 Å². The number of likely N-dealkylation sites (N-methyl/N-ethyl adjacent to an activating group) is 3. The molecule has 7 N–H and O–H groups in total. The molecule has 2 saturated heterocycles. The zero-order chi connectivity index (χ0) is 96.4. The number of aromatic nitrogens is 2. The Hall–Kier alpha value is -7.01. The van der Waals surface area contributed by atoms with E-state index in [1.807, 2.05) is 51.8 Å². The highest BCUT2D eigenvalue weighted by Gasteiger charge is 2.46. The van der Waals surface area contributed by atoms with E-state index in [9.17, 15) is 0 Å². The maximum absolute atomic E-state index is 4.20. The predicted molar refractivity (Wildman–Crippen MR) is 562 cm³/mol. The van der Waals surface area contributed by atoms with Gasteiger partial charge in [0.05, 0.1) is 6.20 Å². The average Bonchev–Trinajstić information content (AvgIpc) is 1.61. The molecule has 11 rings (SSSR count). The molecule has 0 radical (unpaired) electrons. The van der Waals surface area contributed by atoms with E-state index < -0.39 is 0 Å². The SMILES string of the molecule is CC.CC.CC(NC(C)(C)C)c1ccc(-c2cnn(C)c2)cc1.CCN1CCN(C(C)C)CC1.CCN1CCN(CC)CC1.Cc1ccc(C(C)(C)NC(C)(C)C)cc1.Cc1ccc(C2(NC(C)(C)C)CC2)cc1.Cc1ccc(NC(C)(C)C)cc1.Cc1ccc([C@@H](C)NC(C)(C)C)cc1.Cc1ccc([C@H](C)NC(C)(C)C)cc1.Cc1cccc(NC(C)(C)C)c1. The Morgan fingerprint density at radius 1 is 0.349 bits per heavy atom. The van der Waals surface area contributed by atoms with Gasteiger partial charge in [0, 0.05) is 157 Å². The van der Waals surface area contributed by atoms with Crippen molar-refractivity contribution in [2.75, 3.05) is 82.6 Å². The fourth-order valence-corrected chi connectivity index (χ4v) is 14.9. The number of aryl methyl sites for hydroxylation is 7. The van der Waals surface area contributed by atoms with Gasteiger partial charge in [-0.15, -0.1) is 0 Å². The number of nitrogens with zero attached hydrogens (tertiary/aromatic N) is 6. The summed E-state index contributed by atoms with van der Waals surface area (Å²) >= 11 is 0. The highest BCUT2D eigenvalue weighted by molar-refractivity contribution is 5.62. The maximum atomic E-state index is 4.20. The Labute approximate surface area is 777 Å². The molecule has 7 aromatic carbocycles. The van der Waals surface area contributed by atoms with Crippen LogP contribution in [0.2, 0.25) is 0 Å². The van der Waals surface area contributed by atoms with Gasteiger partial charge in [0.1, 0.15) is 0 Å². The molecule has 0 spiro atoms. The number of hydrogen-bond donors (Lipinski definition) is 7. The molecule has 3 atom stereocenters. The number of piperazine rings is 2. The first kappa shape index (κ1) is 117. The highest BCUT2D eigenvalue weighted by atomic mass is 15.3. The molecule has 3 fully saturated rings. The minimum absolute atomic E-state index is 0.0198. The van der Waals surface area contributed by atoms with Crippen molar-refractivity contribution < 1.29 is 0 Å². The summed E-state index contributed by atoms with van der Waals surface area (Å²) in [5.74, 6) is 0. The van der Waals surface area contributed by atoms with Crippen molar-refractivity contribution in [3.8, 4) is 11.1 Å². The largest absolute Gasteiger partial charge is 0.380 e. The summed E-state index contributed by atoms with van der Waals surface area (Å²) in [4.78, 5) is 10.1. The second-order valence-corrected chi connectivity index (χ2v) is 42.8. The van der Waals surface area contributed by atoms with E-state index in [0.717, 1.165) is 11.6 Å². The second-order valence-electron chi connectivity index (χ2n) is 42.8. The lowest BCUT2D eigenvalue weighted by atomic mass is 9.90. The number of rotatable bonds is 17. The van der Waals surface area contributed by atoms with Crippen LogP contribution in [0.25, 0.3) is 11.1 Å². The third-order valence-corrected chi connectivity index (χ3v) is 21.0. The van der Waals surface area contributed by atoms with Crippen molar-refractivity contribution in [3.05, 3.63) is 243 Å². The van der Waals surface area contributed by atoms with Crippen molar-refractivity contribution in [1.82, 2.24) is 56.0 Å². The molecule has 126 heavy (non-hydrogen) atoms. The van der Waals surface area contributed by atoms with Crippen LogP contribution in [0.15, 0.2) is 182 Å². The van der Waals surface area contributed by atoms with Gasteiger partial charge in [-0.2, -0.15) is 5.10 Å². The molecule has 0 bridgehead atoms. The quantitative estimate of drug-likeness (QED) is 0.0471. The number of benzene rings is 7. The molecule has 1 aliphatic carbocycles. The zero-order valence-electron chi connectivity index (χ0n) is 89.0. The molecule has 3 aliphatic rings. The van der Waals surface area contributed by atoms with Crippen molar-refractivity contribution in [2.24, 2.45) is 7.05 Å². The smallest absolute Gasteiger partial charge is 0.0568 e. The van der Waals surface area contributed by atoms with E-state index in [4.69, 9.17) is 0 Å². The Morgan fingerprint density at radius 2 is 0.675 bits per heavy atom. The topological polar surface area (TPSA) is 115 Å². The van der Waals surface area contributed by atoms with Gasteiger partial charge in [-0.1, -0.05) is 222 Å². The Bertz CT molecular complexity index is 3950. The molecule has 0 amide bonds. The summed E-state index contributed by atoms with van der Waals surface area (Å²) in [6.07, 6.45) is 6.47.